The van der Waals surface area contributed by atoms with Crippen LogP contribution in [0, 0.1) is 13.8 Å². The molecular formula is C19H19Cl3N2O4. The van der Waals surface area contributed by atoms with Crippen LogP contribution >= 0.6 is 34.8 Å². The van der Waals surface area contributed by atoms with Crippen molar-refractivity contribution in [1.82, 2.24) is 10.9 Å². The fourth-order valence-electron chi connectivity index (χ4n) is 2.22. The summed E-state index contributed by atoms with van der Waals surface area (Å²) in [6.07, 6.45) is -0.901. The minimum absolute atomic E-state index is 0.276. The highest BCUT2D eigenvalue weighted by molar-refractivity contribution is 6.35. The number of carbonyl (C=O) groups is 2. The standard InChI is InChI=1S/C19H19Cl3N2O4/c1-10-6-14(7-11(2)18(10)22)27-9-17(25)23-24-19(26)12(3)28-16-5-4-13(20)8-15(16)21/h4-8,12H,9H2,1-3H3,(H,23,25)(H,24,26). The first-order valence-electron chi connectivity index (χ1n) is 8.27. The summed E-state index contributed by atoms with van der Waals surface area (Å²) in [4.78, 5) is 23.9. The van der Waals surface area contributed by atoms with Gasteiger partial charge in [0.25, 0.3) is 11.8 Å². The molecule has 28 heavy (non-hydrogen) atoms. The van der Waals surface area contributed by atoms with Crippen molar-refractivity contribution in [2.24, 2.45) is 0 Å². The van der Waals surface area contributed by atoms with E-state index in [-0.39, 0.29) is 11.6 Å². The number of rotatable bonds is 6. The van der Waals surface area contributed by atoms with Crippen LogP contribution in [0.25, 0.3) is 0 Å². The van der Waals surface area contributed by atoms with Crippen LogP contribution in [0.4, 0.5) is 0 Å². The molecule has 2 aromatic rings. The van der Waals surface area contributed by atoms with Crippen LogP contribution in [0.3, 0.4) is 0 Å². The second-order valence-electron chi connectivity index (χ2n) is 6.03. The third kappa shape index (κ3) is 6.19. The van der Waals surface area contributed by atoms with E-state index in [2.05, 4.69) is 10.9 Å². The van der Waals surface area contributed by atoms with E-state index in [1.165, 1.54) is 13.0 Å². The molecule has 0 spiro atoms. The van der Waals surface area contributed by atoms with Gasteiger partial charge in [-0.3, -0.25) is 20.4 Å². The Hall–Kier alpha value is -2.15. The molecule has 2 amide bonds. The van der Waals surface area contributed by atoms with Crippen LogP contribution in [0.15, 0.2) is 30.3 Å². The molecule has 0 aliphatic heterocycles. The van der Waals surface area contributed by atoms with Gasteiger partial charge in [0.05, 0.1) is 5.02 Å². The molecule has 0 saturated carbocycles. The maximum Gasteiger partial charge on any atom is 0.279 e. The van der Waals surface area contributed by atoms with E-state index < -0.39 is 17.9 Å². The van der Waals surface area contributed by atoms with Gasteiger partial charge in [-0.25, -0.2) is 0 Å². The van der Waals surface area contributed by atoms with Gasteiger partial charge in [-0.15, -0.1) is 0 Å². The summed E-state index contributed by atoms with van der Waals surface area (Å²) in [5.41, 5.74) is 6.22. The zero-order chi connectivity index (χ0) is 20.8. The lowest BCUT2D eigenvalue weighted by Crippen LogP contribution is -2.48. The zero-order valence-corrected chi connectivity index (χ0v) is 17.7. The predicted molar refractivity (Wildman–Crippen MR) is 109 cm³/mol. The van der Waals surface area contributed by atoms with Crippen molar-refractivity contribution in [3.63, 3.8) is 0 Å². The molecule has 2 rings (SSSR count). The molecule has 6 nitrogen and oxygen atoms in total. The van der Waals surface area contributed by atoms with Gasteiger partial charge >= 0.3 is 0 Å². The van der Waals surface area contributed by atoms with Crippen molar-refractivity contribution in [3.05, 3.63) is 56.5 Å². The van der Waals surface area contributed by atoms with Gasteiger partial charge in [0.2, 0.25) is 0 Å². The van der Waals surface area contributed by atoms with Gasteiger partial charge in [0.1, 0.15) is 11.5 Å². The number of hydrazine groups is 1. The number of hydrogen-bond donors (Lipinski definition) is 2. The highest BCUT2D eigenvalue weighted by atomic mass is 35.5. The van der Waals surface area contributed by atoms with Gasteiger partial charge in [-0.1, -0.05) is 34.8 Å². The molecule has 0 aliphatic rings. The minimum Gasteiger partial charge on any atom is -0.484 e. The molecule has 1 atom stereocenters. The predicted octanol–water partition coefficient (Wildman–Crippen LogP) is 4.26. The third-order valence-corrected chi connectivity index (χ3v) is 4.80. The van der Waals surface area contributed by atoms with Crippen LogP contribution in [0.5, 0.6) is 11.5 Å². The quantitative estimate of drug-likeness (QED) is 0.652. The Bertz CT molecular complexity index is 866. The van der Waals surface area contributed by atoms with Crippen LogP contribution in [-0.4, -0.2) is 24.5 Å². The van der Waals surface area contributed by atoms with E-state index in [1.54, 1.807) is 24.3 Å². The fraction of sp³-hybridized carbons (Fsp3) is 0.263. The molecule has 2 aromatic carbocycles. The molecule has 0 aromatic heterocycles. The van der Waals surface area contributed by atoms with Gasteiger partial charge in [-0.05, 0) is 62.2 Å². The van der Waals surface area contributed by atoms with E-state index in [0.29, 0.717) is 21.5 Å². The Morgan fingerprint density at radius 2 is 1.68 bits per heavy atom. The summed E-state index contributed by atoms with van der Waals surface area (Å²) in [6, 6.07) is 8.10. The Morgan fingerprint density at radius 3 is 2.29 bits per heavy atom. The van der Waals surface area contributed by atoms with Crippen molar-refractivity contribution in [3.8, 4) is 11.5 Å². The number of benzene rings is 2. The van der Waals surface area contributed by atoms with Gasteiger partial charge in [-0.2, -0.15) is 0 Å². The number of nitrogens with one attached hydrogen (secondary N) is 2. The van der Waals surface area contributed by atoms with Crippen molar-refractivity contribution < 1.29 is 19.1 Å². The molecule has 150 valence electrons. The van der Waals surface area contributed by atoms with Crippen LogP contribution in [0.1, 0.15) is 18.1 Å². The first-order valence-corrected chi connectivity index (χ1v) is 9.40. The highest BCUT2D eigenvalue weighted by Gasteiger charge is 2.17. The molecule has 2 N–H and O–H groups in total. The van der Waals surface area contributed by atoms with E-state index in [0.717, 1.165) is 11.1 Å². The lowest BCUT2D eigenvalue weighted by molar-refractivity contribution is -0.133. The molecule has 0 saturated heterocycles. The van der Waals surface area contributed by atoms with Crippen molar-refractivity contribution in [2.45, 2.75) is 26.9 Å². The summed E-state index contributed by atoms with van der Waals surface area (Å²) >= 11 is 17.9. The zero-order valence-electron chi connectivity index (χ0n) is 15.4. The van der Waals surface area contributed by atoms with E-state index in [9.17, 15) is 9.59 Å². The molecule has 0 bridgehead atoms. The Balaban J connectivity index is 1.80. The summed E-state index contributed by atoms with van der Waals surface area (Å²) in [5, 5.41) is 1.38. The van der Waals surface area contributed by atoms with E-state index in [1.807, 2.05) is 13.8 Å². The van der Waals surface area contributed by atoms with Crippen LogP contribution in [-0.2, 0) is 9.59 Å². The van der Waals surface area contributed by atoms with E-state index >= 15 is 0 Å². The lowest BCUT2D eigenvalue weighted by atomic mass is 10.1. The molecule has 0 fully saturated rings. The Kier molecular flexibility index (Phi) is 7.80. The second-order valence-corrected chi connectivity index (χ2v) is 7.25. The van der Waals surface area contributed by atoms with E-state index in [4.69, 9.17) is 44.3 Å². The number of carbonyl (C=O) groups excluding carboxylic acids is 2. The lowest BCUT2D eigenvalue weighted by Gasteiger charge is -2.16. The van der Waals surface area contributed by atoms with Crippen LogP contribution < -0.4 is 20.3 Å². The number of amides is 2. The van der Waals surface area contributed by atoms with Crippen molar-refractivity contribution >= 4 is 46.6 Å². The third-order valence-electron chi connectivity index (χ3n) is 3.67. The summed E-state index contributed by atoms with van der Waals surface area (Å²) in [6.45, 7) is 4.93. The minimum atomic E-state index is -0.901. The molecule has 0 aliphatic carbocycles. The number of ether oxygens (including phenoxy) is 2. The summed E-state index contributed by atoms with van der Waals surface area (Å²) in [5.74, 6) is -0.278. The molecule has 9 heteroatoms. The average molecular weight is 446 g/mol. The molecule has 0 radical (unpaired) electrons. The highest BCUT2D eigenvalue weighted by Crippen LogP contribution is 2.28. The average Bonchev–Trinajstić information content (AvgIpc) is 2.64. The molecule has 1 unspecified atom stereocenters. The van der Waals surface area contributed by atoms with Crippen LogP contribution in [0.2, 0.25) is 15.1 Å². The second kappa shape index (κ2) is 9.87. The van der Waals surface area contributed by atoms with Crippen molar-refractivity contribution in [2.75, 3.05) is 6.61 Å². The number of aryl methyl sites for hydroxylation is 2. The van der Waals surface area contributed by atoms with Gasteiger partial charge in [0.15, 0.2) is 12.7 Å². The summed E-state index contributed by atoms with van der Waals surface area (Å²) in [7, 11) is 0. The fourth-order valence-corrected chi connectivity index (χ4v) is 2.78. The monoisotopic (exact) mass is 444 g/mol. The summed E-state index contributed by atoms with van der Waals surface area (Å²) < 4.78 is 10.9. The van der Waals surface area contributed by atoms with Gasteiger partial charge in [0, 0.05) is 10.0 Å². The Morgan fingerprint density at radius 1 is 1.04 bits per heavy atom. The largest absolute Gasteiger partial charge is 0.484 e. The van der Waals surface area contributed by atoms with Gasteiger partial charge < -0.3 is 9.47 Å². The SMILES string of the molecule is Cc1cc(OCC(=O)NNC(=O)C(C)Oc2ccc(Cl)cc2Cl)cc(C)c1Cl. The maximum absolute atomic E-state index is 12.1. The molecular weight excluding hydrogens is 427 g/mol. The first kappa shape index (κ1) is 22.1. The number of halogens is 3. The molecule has 0 heterocycles. The maximum atomic E-state index is 12.1. The number of hydrogen-bond acceptors (Lipinski definition) is 4. The first-order chi connectivity index (χ1) is 13.2. The normalized spacial score (nSPS) is 11.5. The van der Waals surface area contributed by atoms with Crippen molar-refractivity contribution in [1.29, 1.82) is 0 Å². The Labute approximate surface area is 178 Å². The topological polar surface area (TPSA) is 76.7 Å². The smallest absolute Gasteiger partial charge is 0.279 e.